The van der Waals surface area contributed by atoms with Crippen molar-refractivity contribution in [1.82, 2.24) is 0 Å². The van der Waals surface area contributed by atoms with Gasteiger partial charge in [-0.05, 0) is 17.7 Å². The van der Waals surface area contributed by atoms with Crippen LogP contribution in [0.2, 0.25) is 0 Å². The van der Waals surface area contributed by atoms with Crippen molar-refractivity contribution in [1.29, 1.82) is 0 Å². The summed E-state index contributed by atoms with van der Waals surface area (Å²) in [7, 11) is 0. The van der Waals surface area contributed by atoms with Gasteiger partial charge in [-0.1, -0.05) is 28.1 Å². The molecule has 2 heteroatoms. The highest BCUT2D eigenvalue weighted by Gasteiger charge is 1.87. The minimum atomic E-state index is -1.76. The maximum absolute atomic E-state index is 7.16. The number of alkyl halides is 1. The molecule has 0 aliphatic rings. The zero-order valence-corrected chi connectivity index (χ0v) is 6.91. The van der Waals surface area contributed by atoms with Crippen LogP contribution in [0.4, 0.5) is 0 Å². The number of halogens is 2. The first kappa shape index (κ1) is 4.75. The first-order valence-corrected chi connectivity index (χ1v) is 3.62. The third kappa shape index (κ3) is 1.99. The van der Waals surface area contributed by atoms with Crippen LogP contribution in [-0.4, -0.2) is 0 Å². The molecule has 9 heavy (non-hydrogen) atoms. The van der Waals surface area contributed by atoms with E-state index in [1.165, 1.54) is 0 Å². The lowest BCUT2D eigenvalue weighted by atomic mass is 10.2. The van der Waals surface area contributed by atoms with E-state index in [4.69, 9.17) is 14.3 Å². The molecule has 0 saturated heterocycles. The van der Waals surface area contributed by atoms with Crippen molar-refractivity contribution in [3.8, 4) is 0 Å². The van der Waals surface area contributed by atoms with E-state index in [1.54, 1.807) is 24.3 Å². The summed E-state index contributed by atoms with van der Waals surface area (Å²) >= 11 is 8.68. The molecule has 0 aliphatic heterocycles. The van der Waals surface area contributed by atoms with Crippen LogP contribution < -0.4 is 0 Å². The van der Waals surface area contributed by atoms with Crippen molar-refractivity contribution in [2.24, 2.45) is 0 Å². The van der Waals surface area contributed by atoms with E-state index in [9.17, 15) is 0 Å². The molecule has 0 nitrogen and oxygen atoms in total. The number of rotatable bonds is 1. The Morgan fingerprint density at radius 2 is 2.00 bits per heavy atom. The van der Waals surface area contributed by atoms with Gasteiger partial charge < -0.3 is 0 Å². The molecule has 0 amide bonds. The zero-order chi connectivity index (χ0) is 8.48. The molecule has 0 spiro atoms. The van der Waals surface area contributed by atoms with E-state index in [0.717, 1.165) is 4.47 Å². The molecule has 0 aromatic heterocycles. The Kier molecular flexibility index (Phi) is 1.71. The standard InChI is InChI=1S/C7H6BrCl/c8-7-3-1-6(5-9)2-4-7/h1-4H,5H2/i5D2. The van der Waals surface area contributed by atoms with E-state index in [0.29, 0.717) is 5.56 Å². The fourth-order valence-corrected chi connectivity index (χ4v) is 0.903. The number of hydrogen-bond acceptors (Lipinski definition) is 0. The highest BCUT2D eigenvalue weighted by molar-refractivity contribution is 9.10. The summed E-state index contributed by atoms with van der Waals surface area (Å²) in [5.74, 6) is -1.76. The van der Waals surface area contributed by atoms with E-state index in [1.807, 2.05) is 0 Å². The number of hydrogen-bond donors (Lipinski definition) is 0. The van der Waals surface area contributed by atoms with Crippen LogP contribution in [0.1, 0.15) is 8.30 Å². The van der Waals surface area contributed by atoms with Gasteiger partial charge in [0.15, 0.2) is 0 Å². The van der Waals surface area contributed by atoms with Gasteiger partial charge in [-0.2, -0.15) is 0 Å². The molecule has 48 valence electrons. The van der Waals surface area contributed by atoms with Gasteiger partial charge in [0.05, 0.1) is 0 Å². The predicted octanol–water partition coefficient (Wildman–Crippen LogP) is 3.19. The average Bonchev–Trinajstić information content (AvgIpc) is 1.86. The molecule has 0 atom stereocenters. The third-order valence-corrected chi connectivity index (χ3v) is 1.70. The Bertz CT molecular complexity index is 240. The molecule has 0 heterocycles. The van der Waals surface area contributed by atoms with Crippen molar-refractivity contribution < 1.29 is 2.74 Å². The molecule has 1 aromatic rings. The highest BCUT2D eigenvalue weighted by atomic mass is 79.9. The molecular weight excluding hydrogens is 199 g/mol. The molecule has 0 bridgehead atoms. The molecule has 1 rings (SSSR count). The van der Waals surface area contributed by atoms with E-state index in [2.05, 4.69) is 15.9 Å². The van der Waals surface area contributed by atoms with Gasteiger partial charge in [-0.3, -0.25) is 0 Å². The summed E-state index contributed by atoms with van der Waals surface area (Å²) in [5.41, 5.74) is 0.474. The van der Waals surface area contributed by atoms with Crippen molar-refractivity contribution in [3.63, 3.8) is 0 Å². The largest absolute Gasteiger partial charge is 0.122 e. The molecule has 1 aromatic carbocycles. The van der Waals surface area contributed by atoms with Gasteiger partial charge in [0.2, 0.25) is 0 Å². The van der Waals surface area contributed by atoms with Crippen molar-refractivity contribution in [3.05, 3.63) is 34.3 Å². The normalized spacial score (nSPS) is 14.4. The second kappa shape index (κ2) is 3.23. The Hall–Kier alpha value is -0.0100. The van der Waals surface area contributed by atoms with Crippen molar-refractivity contribution >= 4 is 27.5 Å². The van der Waals surface area contributed by atoms with Crippen LogP contribution >= 0.6 is 27.5 Å². The molecule has 0 aliphatic carbocycles. The second-order valence-corrected chi connectivity index (χ2v) is 2.71. The van der Waals surface area contributed by atoms with Crippen molar-refractivity contribution in [2.75, 3.05) is 0 Å². The van der Waals surface area contributed by atoms with Gasteiger partial charge in [-0.25, -0.2) is 0 Å². The zero-order valence-electron chi connectivity index (χ0n) is 6.57. The molecule has 0 radical (unpaired) electrons. The maximum atomic E-state index is 7.16. The second-order valence-electron chi connectivity index (χ2n) is 1.60. The SMILES string of the molecule is [2H]C([2H])(Cl)c1ccc(Br)cc1. The minimum absolute atomic E-state index is 0.474. The predicted molar refractivity (Wildman–Crippen MR) is 43.7 cm³/mol. The van der Waals surface area contributed by atoms with E-state index < -0.39 is 5.83 Å². The lowest BCUT2D eigenvalue weighted by Gasteiger charge is -1.92. The molecule has 0 unspecified atom stereocenters. The van der Waals surface area contributed by atoms with Crippen LogP contribution in [0.5, 0.6) is 0 Å². The highest BCUT2D eigenvalue weighted by Crippen LogP contribution is 2.11. The molecule has 0 saturated carbocycles. The van der Waals surface area contributed by atoms with Crippen LogP contribution in [0, 0.1) is 0 Å². The summed E-state index contributed by atoms with van der Waals surface area (Å²) in [6.07, 6.45) is 0. The van der Waals surface area contributed by atoms with Gasteiger partial charge in [0, 0.05) is 13.0 Å². The van der Waals surface area contributed by atoms with Crippen LogP contribution in [-0.2, 0) is 5.83 Å². The Balaban J connectivity index is 2.99. The lowest BCUT2D eigenvalue weighted by molar-refractivity contribution is 1.39. The monoisotopic (exact) mass is 206 g/mol. The lowest BCUT2D eigenvalue weighted by Crippen LogP contribution is -1.73. The Morgan fingerprint density at radius 3 is 2.44 bits per heavy atom. The first-order valence-electron chi connectivity index (χ1n) is 3.45. The fourth-order valence-electron chi connectivity index (χ4n) is 0.513. The van der Waals surface area contributed by atoms with Gasteiger partial charge >= 0.3 is 0 Å². The summed E-state index contributed by atoms with van der Waals surface area (Å²) in [6.45, 7) is 0. The van der Waals surface area contributed by atoms with Gasteiger partial charge in [0.1, 0.15) is 0 Å². The molecule has 0 fully saturated rings. The molecular formula is C7H6BrCl. The third-order valence-electron chi connectivity index (χ3n) is 0.953. The molecule has 0 N–H and O–H groups in total. The summed E-state index contributed by atoms with van der Waals surface area (Å²) in [6, 6.07) is 6.82. The smallest absolute Gasteiger partial charge is 0.0486 e. The Labute approximate surface area is 70.8 Å². The Morgan fingerprint density at radius 1 is 1.44 bits per heavy atom. The van der Waals surface area contributed by atoms with Crippen LogP contribution in [0.25, 0.3) is 0 Å². The topological polar surface area (TPSA) is 0 Å². The van der Waals surface area contributed by atoms with Crippen molar-refractivity contribution in [2.45, 2.75) is 5.83 Å². The van der Waals surface area contributed by atoms with Crippen LogP contribution in [0.3, 0.4) is 0 Å². The summed E-state index contributed by atoms with van der Waals surface area (Å²) < 4.78 is 15.2. The van der Waals surface area contributed by atoms with Gasteiger partial charge in [0.25, 0.3) is 0 Å². The minimum Gasteiger partial charge on any atom is -0.122 e. The van der Waals surface area contributed by atoms with E-state index in [-0.39, 0.29) is 0 Å². The summed E-state index contributed by atoms with van der Waals surface area (Å²) in [5, 5.41) is 0. The average molecular weight is 207 g/mol. The first-order chi connectivity index (χ1) is 5.00. The maximum Gasteiger partial charge on any atom is 0.0486 e. The van der Waals surface area contributed by atoms with Gasteiger partial charge in [-0.15, -0.1) is 11.6 Å². The van der Waals surface area contributed by atoms with E-state index >= 15 is 0 Å². The summed E-state index contributed by atoms with van der Waals surface area (Å²) in [4.78, 5) is 0. The quantitative estimate of drug-likeness (QED) is 0.621. The number of benzene rings is 1. The van der Waals surface area contributed by atoms with Crippen LogP contribution in [0.15, 0.2) is 28.7 Å². The fraction of sp³-hybridized carbons (Fsp3) is 0.143.